The summed E-state index contributed by atoms with van der Waals surface area (Å²) >= 11 is 1.83. The highest BCUT2D eigenvalue weighted by Crippen LogP contribution is 2.66. The number of esters is 1. The molecule has 0 aromatic heterocycles. The first-order chi connectivity index (χ1) is 12.4. The summed E-state index contributed by atoms with van der Waals surface area (Å²) in [6.45, 7) is 7.05. The zero-order valence-corrected chi connectivity index (χ0v) is 17.1. The number of benzene rings is 1. The lowest BCUT2D eigenvalue weighted by Crippen LogP contribution is -2.41. The highest BCUT2D eigenvalue weighted by molar-refractivity contribution is 7.99. The Hall–Kier alpha value is -1.00. The zero-order chi connectivity index (χ0) is 18.8. The highest BCUT2D eigenvalue weighted by Gasteiger charge is 2.63. The first-order valence-electron chi connectivity index (χ1n) is 9.87. The summed E-state index contributed by atoms with van der Waals surface area (Å²) < 4.78 is 5.52. The van der Waals surface area contributed by atoms with Gasteiger partial charge in [-0.1, -0.05) is 51.1 Å². The molecule has 144 valence electrons. The van der Waals surface area contributed by atoms with Crippen LogP contribution in [0.3, 0.4) is 0 Å². The van der Waals surface area contributed by atoms with E-state index >= 15 is 0 Å². The minimum Gasteiger partial charge on any atom is -0.461 e. The second-order valence-electron chi connectivity index (χ2n) is 8.58. The SMILES string of the molecule is CC[C@@H](CSCC12CCC(CC1O)C2(C)C)C(=O)OCc1ccccc1. The summed E-state index contributed by atoms with van der Waals surface area (Å²) in [6.07, 6.45) is 3.91. The predicted molar refractivity (Wildman–Crippen MR) is 107 cm³/mol. The Morgan fingerprint density at radius 3 is 2.65 bits per heavy atom. The van der Waals surface area contributed by atoms with Crippen molar-refractivity contribution in [2.75, 3.05) is 11.5 Å². The normalized spacial score (nSPS) is 30.3. The van der Waals surface area contributed by atoms with E-state index in [-0.39, 0.29) is 28.8 Å². The monoisotopic (exact) mass is 376 g/mol. The van der Waals surface area contributed by atoms with E-state index in [1.54, 1.807) is 0 Å². The molecule has 1 aromatic rings. The van der Waals surface area contributed by atoms with Crippen LogP contribution in [-0.4, -0.2) is 28.7 Å². The Labute approximate surface area is 161 Å². The van der Waals surface area contributed by atoms with Crippen molar-refractivity contribution in [3.05, 3.63) is 35.9 Å². The molecule has 26 heavy (non-hydrogen) atoms. The van der Waals surface area contributed by atoms with Gasteiger partial charge in [0.2, 0.25) is 0 Å². The van der Waals surface area contributed by atoms with Gasteiger partial charge >= 0.3 is 5.97 Å². The lowest BCUT2D eigenvalue weighted by Gasteiger charge is -2.40. The van der Waals surface area contributed by atoms with Crippen molar-refractivity contribution < 1.29 is 14.6 Å². The number of rotatable bonds is 8. The topological polar surface area (TPSA) is 46.5 Å². The van der Waals surface area contributed by atoms with Gasteiger partial charge in [0, 0.05) is 16.9 Å². The molecule has 2 aliphatic carbocycles. The van der Waals surface area contributed by atoms with Gasteiger partial charge < -0.3 is 9.84 Å². The minimum absolute atomic E-state index is 0.0224. The van der Waals surface area contributed by atoms with Gasteiger partial charge in [-0.15, -0.1) is 0 Å². The number of hydrogen-bond acceptors (Lipinski definition) is 4. The fourth-order valence-corrected chi connectivity index (χ4v) is 6.81. The maximum atomic E-state index is 12.4. The van der Waals surface area contributed by atoms with E-state index in [9.17, 15) is 9.90 Å². The summed E-state index contributed by atoms with van der Waals surface area (Å²) in [6, 6.07) is 9.82. The van der Waals surface area contributed by atoms with E-state index in [4.69, 9.17) is 4.74 Å². The molecule has 0 saturated heterocycles. The molecule has 2 bridgehead atoms. The third kappa shape index (κ3) is 3.55. The van der Waals surface area contributed by atoms with Crippen LogP contribution in [-0.2, 0) is 16.1 Å². The Kier molecular flexibility index (Phi) is 6.03. The minimum atomic E-state index is -0.186. The average molecular weight is 377 g/mol. The van der Waals surface area contributed by atoms with Gasteiger partial charge in [-0.3, -0.25) is 4.79 Å². The molecular weight excluding hydrogens is 344 g/mol. The maximum absolute atomic E-state index is 12.4. The molecule has 2 saturated carbocycles. The van der Waals surface area contributed by atoms with E-state index in [1.807, 2.05) is 49.0 Å². The number of aliphatic hydroxyl groups excluding tert-OH is 1. The van der Waals surface area contributed by atoms with Gasteiger partial charge in [-0.25, -0.2) is 0 Å². The second kappa shape index (κ2) is 7.93. The van der Waals surface area contributed by atoms with Crippen molar-refractivity contribution in [3.8, 4) is 0 Å². The van der Waals surface area contributed by atoms with Crippen LogP contribution in [0.1, 0.15) is 52.0 Å². The Balaban J connectivity index is 1.50. The molecule has 4 heteroatoms. The molecule has 0 spiro atoms. The number of carbonyl (C=O) groups excluding carboxylic acids is 1. The van der Waals surface area contributed by atoms with Crippen molar-refractivity contribution in [2.45, 2.75) is 59.2 Å². The molecule has 0 radical (unpaired) electrons. The molecule has 4 atom stereocenters. The van der Waals surface area contributed by atoms with Crippen LogP contribution >= 0.6 is 11.8 Å². The van der Waals surface area contributed by atoms with E-state index in [1.165, 1.54) is 6.42 Å². The first kappa shape index (κ1) is 19.8. The van der Waals surface area contributed by atoms with Gasteiger partial charge in [0.05, 0.1) is 12.0 Å². The number of fused-ring (bicyclic) bond motifs is 2. The average Bonchev–Trinajstić information content (AvgIpc) is 2.99. The Bertz CT molecular complexity index is 615. The van der Waals surface area contributed by atoms with E-state index in [0.717, 1.165) is 36.3 Å². The standard InChI is InChI=1S/C22H32O3S/c1-4-17(20(24)25-13-16-8-6-5-7-9-16)14-26-15-22-11-10-18(12-19(22)23)21(22,2)3/h5-9,17-19,23H,4,10-15H2,1-3H3/t17-,18?,19?,22?/m0/s1. The third-order valence-corrected chi connectivity index (χ3v) is 8.47. The molecule has 0 amide bonds. The summed E-state index contributed by atoms with van der Waals surface area (Å²) in [5.74, 6) is 2.20. The zero-order valence-electron chi connectivity index (χ0n) is 16.2. The maximum Gasteiger partial charge on any atom is 0.310 e. The third-order valence-electron chi connectivity index (χ3n) is 7.12. The molecule has 2 fully saturated rings. The first-order valence-corrected chi connectivity index (χ1v) is 11.0. The van der Waals surface area contributed by atoms with Crippen LogP contribution in [0, 0.1) is 22.7 Å². The molecule has 0 aliphatic heterocycles. The number of aliphatic hydroxyl groups is 1. The molecule has 1 N–H and O–H groups in total. The Morgan fingerprint density at radius 2 is 2.08 bits per heavy atom. The molecule has 0 heterocycles. The molecule has 2 aliphatic rings. The lowest BCUT2D eigenvalue weighted by atomic mass is 9.70. The summed E-state index contributed by atoms with van der Waals surface area (Å²) in [5, 5.41) is 10.6. The van der Waals surface area contributed by atoms with Gasteiger partial charge in [0.25, 0.3) is 0 Å². The van der Waals surface area contributed by atoms with Crippen molar-refractivity contribution in [2.24, 2.45) is 22.7 Å². The van der Waals surface area contributed by atoms with E-state index in [0.29, 0.717) is 12.5 Å². The summed E-state index contributed by atoms with van der Waals surface area (Å²) in [5.41, 5.74) is 1.25. The van der Waals surface area contributed by atoms with Gasteiger partial charge in [0.1, 0.15) is 6.61 Å². The van der Waals surface area contributed by atoms with Gasteiger partial charge in [0.15, 0.2) is 0 Å². The summed E-state index contributed by atoms with van der Waals surface area (Å²) in [4.78, 5) is 12.4. The van der Waals surface area contributed by atoms with Gasteiger partial charge in [-0.2, -0.15) is 11.8 Å². The second-order valence-corrected chi connectivity index (χ2v) is 9.61. The number of thioether (sulfide) groups is 1. The van der Waals surface area contributed by atoms with Crippen LogP contribution in [0.25, 0.3) is 0 Å². The van der Waals surface area contributed by atoms with Crippen LogP contribution in [0.15, 0.2) is 30.3 Å². The van der Waals surface area contributed by atoms with E-state index in [2.05, 4.69) is 13.8 Å². The van der Waals surface area contributed by atoms with Crippen LogP contribution in [0.4, 0.5) is 0 Å². The van der Waals surface area contributed by atoms with Crippen molar-refractivity contribution in [3.63, 3.8) is 0 Å². The summed E-state index contributed by atoms with van der Waals surface area (Å²) in [7, 11) is 0. The molecule has 1 aromatic carbocycles. The van der Waals surface area contributed by atoms with Crippen molar-refractivity contribution in [1.82, 2.24) is 0 Å². The number of hydrogen-bond donors (Lipinski definition) is 1. The fraction of sp³-hybridized carbons (Fsp3) is 0.682. The highest BCUT2D eigenvalue weighted by atomic mass is 32.2. The van der Waals surface area contributed by atoms with Crippen LogP contribution < -0.4 is 0 Å². The van der Waals surface area contributed by atoms with Crippen molar-refractivity contribution >= 4 is 17.7 Å². The molecular formula is C22H32O3S. The number of carbonyl (C=O) groups is 1. The molecule has 3 rings (SSSR count). The predicted octanol–water partition coefficient (Wildman–Crippen LogP) is 4.68. The van der Waals surface area contributed by atoms with Gasteiger partial charge in [-0.05, 0) is 42.6 Å². The van der Waals surface area contributed by atoms with Crippen molar-refractivity contribution in [1.29, 1.82) is 0 Å². The van der Waals surface area contributed by atoms with Crippen LogP contribution in [0.5, 0.6) is 0 Å². The Morgan fingerprint density at radius 1 is 1.35 bits per heavy atom. The number of ether oxygens (including phenoxy) is 1. The molecule has 3 unspecified atom stereocenters. The van der Waals surface area contributed by atoms with Crippen LogP contribution in [0.2, 0.25) is 0 Å². The smallest absolute Gasteiger partial charge is 0.310 e. The van der Waals surface area contributed by atoms with E-state index < -0.39 is 0 Å². The lowest BCUT2D eigenvalue weighted by molar-refractivity contribution is -0.149. The molecule has 3 nitrogen and oxygen atoms in total. The largest absolute Gasteiger partial charge is 0.461 e. The quantitative estimate of drug-likeness (QED) is 0.669. The fourth-order valence-electron chi connectivity index (χ4n) is 4.96.